The molecule has 1 unspecified atom stereocenters. The van der Waals surface area contributed by atoms with Crippen LogP contribution in [0.5, 0.6) is 5.88 Å². The monoisotopic (exact) mass is 370 g/mol. The fourth-order valence-corrected chi connectivity index (χ4v) is 3.15. The lowest BCUT2D eigenvalue weighted by Crippen LogP contribution is -2.36. The molecule has 0 radical (unpaired) electrons. The molecule has 0 aliphatic heterocycles. The van der Waals surface area contributed by atoms with Crippen LogP contribution < -0.4 is 10.1 Å². The van der Waals surface area contributed by atoms with E-state index >= 15 is 0 Å². The van der Waals surface area contributed by atoms with Crippen molar-refractivity contribution in [1.29, 1.82) is 0 Å². The van der Waals surface area contributed by atoms with Crippen molar-refractivity contribution in [3.8, 4) is 11.6 Å². The minimum atomic E-state index is -0.642. The first-order valence-electron chi connectivity index (χ1n) is 8.56. The molecule has 136 valence electrons. The number of carbonyl (C=O) groups is 1. The topological polar surface area (TPSA) is 69.0 Å². The second-order valence-corrected chi connectivity index (χ2v) is 6.90. The Labute approximate surface area is 156 Å². The SMILES string of the molecule is CCc1nc(CNC(=O)C(C)Oc2nn(-c3ccccc3)cc2C)cs1. The van der Waals surface area contributed by atoms with Crippen molar-refractivity contribution in [2.75, 3.05) is 0 Å². The summed E-state index contributed by atoms with van der Waals surface area (Å²) >= 11 is 1.61. The van der Waals surface area contributed by atoms with Crippen LogP contribution in [-0.2, 0) is 17.8 Å². The van der Waals surface area contributed by atoms with Gasteiger partial charge >= 0.3 is 0 Å². The molecule has 0 bridgehead atoms. The number of ether oxygens (including phenoxy) is 1. The highest BCUT2D eigenvalue weighted by molar-refractivity contribution is 7.09. The van der Waals surface area contributed by atoms with E-state index in [1.807, 2.05) is 48.8 Å². The lowest BCUT2D eigenvalue weighted by Gasteiger charge is -2.13. The Morgan fingerprint density at radius 3 is 2.81 bits per heavy atom. The van der Waals surface area contributed by atoms with Gasteiger partial charge in [-0.15, -0.1) is 16.4 Å². The number of rotatable bonds is 7. The van der Waals surface area contributed by atoms with E-state index in [0.29, 0.717) is 12.4 Å². The Morgan fingerprint density at radius 1 is 1.35 bits per heavy atom. The van der Waals surface area contributed by atoms with Crippen LogP contribution in [0.2, 0.25) is 0 Å². The molecule has 7 heteroatoms. The number of amides is 1. The number of hydrogen-bond acceptors (Lipinski definition) is 5. The molecule has 0 aliphatic carbocycles. The van der Waals surface area contributed by atoms with Gasteiger partial charge in [0.1, 0.15) is 0 Å². The van der Waals surface area contributed by atoms with Crippen LogP contribution in [0.15, 0.2) is 41.9 Å². The zero-order valence-electron chi connectivity index (χ0n) is 15.1. The van der Waals surface area contributed by atoms with Gasteiger partial charge in [-0.3, -0.25) is 4.79 Å². The molecule has 1 aromatic carbocycles. The van der Waals surface area contributed by atoms with Crippen molar-refractivity contribution >= 4 is 17.2 Å². The number of carbonyl (C=O) groups excluding carboxylic acids is 1. The molecule has 2 heterocycles. The molecule has 0 fully saturated rings. The summed E-state index contributed by atoms with van der Waals surface area (Å²) in [5, 5.41) is 10.3. The summed E-state index contributed by atoms with van der Waals surface area (Å²) in [4.78, 5) is 16.7. The Bertz CT molecular complexity index is 873. The first-order valence-corrected chi connectivity index (χ1v) is 9.44. The van der Waals surface area contributed by atoms with Crippen LogP contribution in [0, 0.1) is 6.92 Å². The van der Waals surface area contributed by atoms with E-state index in [4.69, 9.17) is 4.74 Å². The summed E-state index contributed by atoms with van der Waals surface area (Å²) in [6.07, 6.45) is 2.15. The van der Waals surface area contributed by atoms with Crippen molar-refractivity contribution in [2.45, 2.75) is 39.8 Å². The maximum atomic E-state index is 12.3. The van der Waals surface area contributed by atoms with Crippen molar-refractivity contribution < 1.29 is 9.53 Å². The van der Waals surface area contributed by atoms with Crippen LogP contribution in [0.3, 0.4) is 0 Å². The summed E-state index contributed by atoms with van der Waals surface area (Å²) < 4.78 is 7.51. The fourth-order valence-electron chi connectivity index (χ4n) is 2.41. The van der Waals surface area contributed by atoms with Gasteiger partial charge in [0.05, 0.1) is 22.9 Å². The summed E-state index contributed by atoms with van der Waals surface area (Å²) in [6.45, 7) is 6.09. The van der Waals surface area contributed by atoms with Gasteiger partial charge in [0, 0.05) is 17.1 Å². The van der Waals surface area contributed by atoms with Gasteiger partial charge < -0.3 is 10.1 Å². The molecule has 0 saturated heterocycles. The van der Waals surface area contributed by atoms with Crippen LogP contribution in [0.25, 0.3) is 5.69 Å². The van der Waals surface area contributed by atoms with Crippen LogP contribution in [-0.4, -0.2) is 26.8 Å². The van der Waals surface area contributed by atoms with E-state index in [-0.39, 0.29) is 5.91 Å². The predicted octanol–water partition coefficient (Wildman–Crippen LogP) is 3.28. The molecule has 1 amide bonds. The molecule has 0 spiro atoms. The highest BCUT2D eigenvalue weighted by Crippen LogP contribution is 2.19. The number of nitrogens with zero attached hydrogens (tertiary/aromatic N) is 3. The third-order valence-electron chi connectivity index (χ3n) is 3.88. The summed E-state index contributed by atoms with van der Waals surface area (Å²) in [6, 6.07) is 9.78. The second kappa shape index (κ2) is 8.14. The zero-order valence-corrected chi connectivity index (χ0v) is 15.9. The van der Waals surface area contributed by atoms with Crippen molar-refractivity contribution in [3.63, 3.8) is 0 Å². The number of para-hydroxylation sites is 1. The average Bonchev–Trinajstić information content (AvgIpc) is 3.27. The Hall–Kier alpha value is -2.67. The maximum Gasteiger partial charge on any atom is 0.261 e. The molecule has 3 aromatic rings. The zero-order chi connectivity index (χ0) is 18.5. The Kier molecular flexibility index (Phi) is 5.68. The molecule has 1 atom stereocenters. The van der Waals surface area contributed by atoms with E-state index in [1.165, 1.54) is 0 Å². The van der Waals surface area contributed by atoms with E-state index in [2.05, 4.69) is 22.3 Å². The standard InChI is InChI=1S/C19H22N4O2S/c1-4-17-21-15(12-26-17)10-20-18(24)14(3)25-19-13(2)11-23(22-19)16-8-6-5-7-9-16/h5-9,11-12,14H,4,10H2,1-3H3,(H,20,24). The first-order chi connectivity index (χ1) is 12.6. The van der Waals surface area contributed by atoms with E-state index < -0.39 is 6.10 Å². The lowest BCUT2D eigenvalue weighted by molar-refractivity contribution is -0.127. The van der Waals surface area contributed by atoms with Gasteiger partial charge in [-0.2, -0.15) is 0 Å². The van der Waals surface area contributed by atoms with Crippen molar-refractivity contribution in [1.82, 2.24) is 20.1 Å². The Morgan fingerprint density at radius 2 is 2.12 bits per heavy atom. The highest BCUT2D eigenvalue weighted by atomic mass is 32.1. The highest BCUT2D eigenvalue weighted by Gasteiger charge is 2.18. The van der Waals surface area contributed by atoms with E-state index in [0.717, 1.165) is 28.4 Å². The normalized spacial score (nSPS) is 12.0. The minimum Gasteiger partial charge on any atom is -0.463 e. The third kappa shape index (κ3) is 4.29. The van der Waals surface area contributed by atoms with Gasteiger partial charge in [0.15, 0.2) is 6.10 Å². The van der Waals surface area contributed by atoms with Gasteiger partial charge in [-0.25, -0.2) is 9.67 Å². The number of nitrogens with one attached hydrogen (secondary N) is 1. The van der Waals surface area contributed by atoms with Gasteiger partial charge in [0.2, 0.25) is 5.88 Å². The smallest absolute Gasteiger partial charge is 0.261 e. The summed E-state index contributed by atoms with van der Waals surface area (Å²) in [5.41, 5.74) is 2.69. The number of benzene rings is 1. The largest absolute Gasteiger partial charge is 0.463 e. The second-order valence-electron chi connectivity index (χ2n) is 5.96. The molecular weight excluding hydrogens is 348 g/mol. The number of aromatic nitrogens is 3. The number of aryl methyl sites for hydroxylation is 2. The molecule has 3 rings (SSSR count). The Balaban J connectivity index is 1.59. The number of hydrogen-bond donors (Lipinski definition) is 1. The molecular formula is C19H22N4O2S. The predicted molar refractivity (Wildman–Crippen MR) is 102 cm³/mol. The van der Waals surface area contributed by atoms with Crippen LogP contribution >= 0.6 is 11.3 Å². The minimum absolute atomic E-state index is 0.190. The molecule has 0 saturated carbocycles. The first kappa shape index (κ1) is 18.1. The molecule has 6 nitrogen and oxygen atoms in total. The van der Waals surface area contributed by atoms with Crippen LogP contribution in [0.1, 0.15) is 30.1 Å². The third-order valence-corrected chi connectivity index (χ3v) is 4.92. The van der Waals surface area contributed by atoms with Gasteiger partial charge in [-0.1, -0.05) is 25.1 Å². The summed E-state index contributed by atoms with van der Waals surface area (Å²) in [5.74, 6) is 0.267. The van der Waals surface area contributed by atoms with Crippen molar-refractivity contribution in [3.05, 3.63) is 58.2 Å². The van der Waals surface area contributed by atoms with E-state index in [9.17, 15) is 4.79 Å². The molecule has 26 heavy (non-hydrogen) atoms. The molecule has 2 aromatic heterocycles. The van der Waals surface area contributed by atoms with Crippen LogP contribution in [0.4, 0.5) is 0 Å². The summed E-state index contributed by atoms with van der Waals surface area (Å²) in [7, 11) is 0. The number of thiazole rings is 1. The maximum absolute atomic E-state index is 12.3. The van der Waals surface area contributed by atoms with Gasteiger partial charge in [0.25, 0.3) is 5.91 Å². The van der Waals surface area contributed by atoms with Crippen molar-refractivity contribution in [2.24, 2.45) is 0 Å². The lowest BCUT2D eigenvalue weighted by atomic mass is 10.3. The quantitative estimate of drug-likeness (QED) is 0.693. The fraction of sp³-hybridized carbons (Fsp3) is 0.316. The van der Waals surface area contributed by atoms with Gasteiger partial charge in [-0.05, 0) is 32.4 Å². The van der Waals surface area contributed by atoms with E-state index in [1.54, 1.807) is 22.9 Å². The molecule has 1 N–H and O–H groups in total. The molecule has 0 aliphatic rings. The average molecular weight is 370 g/mol.